The quantitative estimate of drug-likeness (QED) is 0.236. The molecule has 0 atom stereocenters. The van der Waals surface area contributed by atoms with Crippen LogP contribution in [0.25, 0.3) is 39.1 Å². The molecule has 0 N–H and O–H groups in total. The van der Waals surface area contributed by atoms with Gasteiger partial charge in [-0.25, -0.2) is 0 Å². The van der Waals surface area contributed by atoms with Gasteiger partial charge in [-0.2, -0.15) is 0 Å². The molecule has 7 rings (SSSR count). The molecule has 47 heavy (non-hydrogen) atoms. The summed E-state index contributed by atoms with van der Waals surface area (Å²) in [7, 11) is 0. The van der Waals surface area contributed by atoms with Gasteiger partial charge in [0.25, 0.3) is 0 Å². The standard InChI is InChI=1S/C43H38Cl.2ClH.Zr/c1-42(2,3)31-21-22-34-30(23-31)25-37-36(34)26-38(41(43(4,5)6)40(37)28-14-7-8-15-28)39(29-17-11-18-32(44)24-29)35-20-12-16-27-13-9-10-19-33(27)35;;;/h7-14,16-24,26H,15H2,1-6H3;2*1H;/q-1;;;+3/p-2. The second-order valence-corrected chi connectivity index (χ2v) is 14.7. The maximum atomic E-state index is 6.72. The third kappa shape index (κ3) is 6.80. The molecule has 0 heterocycles. The van der Waals surface area contributed by atoms with Gasteiger partial charge in [0, 0.05) is 5.02 Å². The Bertz CT molecular complexity index is 2170. The van der Waals surface area contributed by atoms with Crippen LogP contribution in [0.4, 0.5) is 0 Å². The van der Waals surface area contributed by atoms with Crippen LogP contribution in [0.2, 0.25) is 5.02 Å². The Kier molecular flexibility index (Phi) is 11.1. The van der Waals surface area contributed by atoms with Crippen LogP contribution in [-0.2, 0) is 37.0 Å². The van der Waals surface area contributed by atoms with Gasteiger partial charge in [0.1, 0.15) is 0 Å². The van der Waals surface area contributed by atoms with E-state index in [2.05, 4.69) is 151 Å². The first-order chi connectivity index (χ1) is 21.0. The van der Waals surface area contributed by atoms with Crippen LogP contribution < -0.4 is 35.3 Å². The molecule has 0 nitrogen and oxygen atoms in total. The Morgan fingerprint density at radius 2 is 1.47 bits per heavy atom. The molecule has 5 aromatic rings. The zero-order valence-corrected chi connectivity index (χ0v) is 32.5. The average Bonchev–Trinajstić information content (AvgIpc) is 3.64. The van der Waals surface area contributed by atoms with E-state index in [4.69, 9.17) is 11.6 Å². The number of allylic oxidation sites excluding steroid dienone is 4. The van der Waals surface area contributed by atoms with Crippen molar-refractivity contribution in [1.82, 2.24) is 0 Å². The molecule has 0 spiro atoms. The van der Waals surface area contributed by atoms with Crippen molar-refractivity contribution in [3.05, 3.63) is 158 Å². The average molecular weight is 752 g/mol. The van der Waals surface area contributed by atoms with Gasteiger partial charge in [-0.05, 0) is 62.1 Å². The fraction of sp³-hybridized carbons (Fsp3) is 0.209. The van der Waals surface area contributed by atoms with E-state index in [1.54, 1.807) is 0 Å². The first-order valence-corrected chi connectivity index (χ1v) is 16.0. The van der Waals surface area contributed by atoms with E-state index in [0.717, 1.165) is 17.0 Å². The van der Waals surface area contributed by atoms with Crippen LogP contribution in [0.15, 0.2) is 109 Å². The van der Waals surface area contributed by atoms with Crippen molar-refractivity contribution >= 4 is 39.6 Å². The fourth-order valence-electron chi connectivity index (χ4n) is 6.98. The number of benzene rings is 5. The van der Waals surface area contributed by atoms with Gasteiger partial charge < -0.3 is 24.8 Å². The third-order valence-corrected chi connectivity index (χ3v) is 9.28. The van der Waals surface area contributed by atoms with E-state index in [1.807, 2.05) is 6.07 Å². The van der Waals surface area contributed by atoms with Gasteiger partial charge in [0.15, 0.2) is 0 Å². The van der Waals surface area contributed by atoms with Gasteiger partial charge >= 0.3 is 26.2 Å². The molecule has 5 aromatic carbocycles. The molecule has 0 amide bonds. The van der Waals surface area contributed by atoms with Crippen LogP contribution >= 0.6 is 11.6 Å². The minimum Gasteiger partial charge on any atom is -1.00 e. The minimum absolute atomic E-state index is 0. The summed E-state index contributed by atoms with van der Waals surface area (Å²) in [6, 6.07) is 33.2. The normalized spacial score (nSPS) is 13.8. The smallest absolute Gasteiger partial charge is 1.00 e. The Labute approximate surface area is 316 Å². The second-order valence-electron chi connectivity index (χ2n) is 14.2. The van der Waals surface area contributed by atoms with Crippen molar-refractivity contribution in [1.29, 1.82) is 0 Å². The van der Waals surface area contributed by atoms with Crippen LogP contribution in [0.1, 0.15) is 81.3 Å². The predicted molar refractivity (Wildman–Crippen MR) is 190 cm³/mol. The number of fused-ring (bicyclic) bond motifs is 4. The second kappa shape index (κ2) is 14.1. The molecule has 0 aromatic heterocycles. The zero-order chi connectivity index (χ0) is 30.8. The number of rotatable bonds is 3. The molecule has 0 bridgehead atoms. The van der Waals surface area contributed by atoms with Crippen molar-refractivity contribution in [2.24, 2.45) is 0 Å². The predicted octanol–water partition coefficient (Wildman–Crippen LogP) is 4.37. The summed E-state index contributed by atoms with van der Waals surface area (Å²) in [6.07, 6.45) is 11.6. The molecule has 0 aliphatic heterocycles. The molecular formula is C43H38Cl3Zr. The molecule has 2 aliphatic rings. The minimum atomic E-state index is -0.148. The number of hydrogen-bond acceptors (Lipinski definition) is 0. The summed E-state index contributed by atoms with van der Waals surface area (Å²) in [5, 5.41) is 5.68. The van der Waals surface area contributed by atoms with E-state index in [9.17, 15) is 0 Å². The van der Waals surface area contributed by atoms with Crippen LogP contribution in [0, 0.1) is 0 Å². The summed E-state index contributed by atoms with van der Waals surface area (Å²) in [6.45, 7) is 13.9. The monoisotopic (exact) mass is 749 g/mol. The van der Waals surface area contributed by atoms with E-state index >= 15 is 0 Å². The van der Waals surface area contributed by atoms with Gasteiger partial charge in [-0.3, -0.25) is 0 Å². The maximum absolute atomic E-state index is 6.72. The van der Waals surface area contributed by atoms with Crippen molar-refractivity contribution in [3.8, 4) is 11.1 Å². The van der Waals surface area contributed by atoms with Crippen LogP contribution in [0.3, 0.4) is 0 Å². The molecule has 1 radical (unpaired) electrons. The Hall–Kier alpha value is -2.67. The SMILES string of the molecule is CC(C)(C)c1ccc2c(c1)[C-]=c1c-2cc(=C(c2cccc(Cl)c2)c2cccc3ccccc23)c(C(C)(C)C)c1C1=CC=CC1.[Cl-].[Cl-].[Zr+3]. The summed E-state index contributed by atoms with van der Waals surface area (Å²) in [5.74, 6) is 0. The van der Waals surface area contributed by atoms with E-state index < -0.39 is 0 Å². The first-order valence-electron chi connectivity index (χ1n) is 15.6. The van der Waals surface area contributed by atoms with Crippen molar-refractivity contribution in [3.63, 3.8) is 0 Å². The van der Waals surface area contributed by atoms with Crippen LogP contribution in [0.5, 0.6) is 0 Å². The molecule has 235 valence electrons. The largest absolute Gasteiger partial charge is 3.00 e. The molecule has 0 fully saturated rings. The molecule has 2 aliphatic carbocycles. The Morgan fingerprint density at radius 3 is 2.15 bits per heavy atom. The molecule has 0 saturated heterocycles. The van der Waals surface area contributed by atoms with Gasteiger partial charge in [0.05, 0.1) is 0 Å². The summed E-state index contributed by atoms with van der Waals surface area (Å²) < 4.78 is 0. The molecule has 0 unspecified atom stereocenters. The summed E-state index contributed by atoms with van der Waals surface area (Å²) >= 11 is 6.72. The van der Waals surface area contributed by atoms with Gasteiger partial charge in [0.2, 0.25) is 0 Å². The molecule has 4 heteroatoms. The van der Waals surface area contributed by atoms with Crippen LogP contribution in [-0.4, -0.2) is 0 Å². The Morgan fingerprint density at radius 1 is 0.745 bits per heavy atom. The van der Waals surface area contributed by atoms with E-state index in [0.29, 0.717) is 0 Å². The fourth-order valence-corrected chi connectivity index (χ4v) is 7.17. The van der Waals surface area contributed by atoms with E-state index in [1.165, 1.54) is 71.3 Å². The molecule has 0 saturated carbocycles. The summed E-state index contributed by atoms with van der Waals surface area (Å²) in [4.78, 5) is 0. The molecular weight excluding hydrogens is 714 g/mol. The maximum Gasteiger partial charge on any atom is 3.00 e. The van der Waals surface area contributed by atoms with Gasteiger partial charge in [-0.15, -0.1) is 34.1 Å². The number of hydrogen-bond donors (Lipinski definition) is 0. The third-order valence-electron chi connectivity index (χ3n) is 9.05. The van der Waals surface area contributed by atoms with Crippen molar-refractivity contribution < 1.29 is 51.0 Å². The topological polar surface area (TPSA) is 0 Å². The first kappa shape index (κ1) is 37.2. The summed E-state index contributed by atoms with van der Waals surface area (Å²) in [5.41, 5.74) is 12.5. The van der Waals surface area contributed by atoms with Crippen molar-refractivity contribution in [2.75, 3.05) is 0 Å². The van der Waals surface area contributed by atoms with E-state index in [-0.39, 0.29) is 61.8 Å². The van der Waals surface area contributed by atoms with Gasteiger partial charge in [-0.1, -0.05) is 166 Å². The Balaban J connectivity index is 0.00000167. The number of halogens is 3. The van der Waals surface area contributed by atoms with Crippen molar-refractivity contribution in [2.45, 2.75) is 58.8 Å². The zero-order valence-electron chi connectivity index (χ0n) is 27.7.